The summed E-state index contributed by atoms with van der Waals surface area (Å²) in [5.74, 6) is 1.19. The molecule has 1 unspecified atom stereocenters. The number of aromatic amines is 1. The molecule has 1 fully saturated rings. The summed E-state index contributed by atoms with van der Waals surface area (Å²) in [6.07, 6.45) is 3.80. The summed E-state index contributed by atoms with van der Waals surface area (Å²) in [6, 6.07) is 0.151. The molecule has 1 aliphatic carbocycles. The standard InChI is InChI=1S/C9H13BrN4O/c10-7-8(13-4-14-9(7)15)12-3-6(11)5-1-2-5/h4-6H,1-3,11H2,(H2,12,13,14,15). The van der Waals surface area contributed by atoms with Crippen molar-refractivity contribution in [1.82, 2.24) is 9.97 Å². The molecule has 0 spiro atoms. The maximum absolute atomic E-state index is 11.2. The molecule has 82 valence electrons. The number of aromatic nitrogens is 2. The topological polar surface area (TPSA) is 83.8 Å². The van der Waals surface area contributed by atoms with E-state index < -0.39 is 0 Å². The van der Waals surface area contributed by atoms with Gasteiger partial charge in [-0.05, 0) is 34.7 Å². The van der Waals surface area contributed by atoms with Gasteiger partial charge in [-0.25, -0.2) is 4.98 Å². The number of nitrogens with one attached hydrogen (secondary N) is 2. The Bertz CT molecular complexity index is 401. The Labute approximate surface area is 95.6 Å². The minimum Gasteiger partial charge on any atom is -0.367 e. The van der Waals surface area contributed by atoms with Gasteiger partial charge >= 0.3 is 0 Å². The molecular weight excluding hydrogens is 260 g/mol. The van der Waals surface area contributed by atoms with E-state index in [1.807, 2.05) is 0 Å². The van der Waals surface area contributed by atoms with Gasteiger partial charge in [-0.15, -0.1) is 0 Å². The summed E-state index contributed by atoms with van der Waals surface area (Å²) in [5.41, 5.74) is 5.74. The van der Waals surface area contributed by atoms with Crippen molar-refractivity contribution in [3.63, 3.8) is 0 Å². The van der Waals surface area contributed by atoms with Gasteiger partial charge in [0.15, 0.2) is 0 Å². The van der Waals surface area contributed by atoms with E-state index >= 15 is 0 Å². The molecule has 0 amide bonds. The van der Waals surface area contributed by atoms with Gasteiger partial charge in [-0.1, -0.05) is 0 Å². The van der Waals surface area contributed by atoms with Crippen LogP contribution in [0, 0.1) is 5.92 Å². The summed E-state index contributed by atoms with van der Waals surface area (Å²) in [5, 5.41) is 3.07. The molecule has 15 heavy (non-hydrogen) atoms. The Hall–Kier alpha value is -0.880. The molecule has 0 bridgehead atoms. The molecule has 1 heterocycles. The van der Waals surface area contributed by atoms with E-state index in [-0.39, 0.29) is 11.6 Å². The molecule has 5 nitrogen and oxygen atoms in total. The molecular formula is C9H13BrN4O. The second-order valence-corrected chi connectivity index (χ2v) is 4.57. The number of H-pyrrole nitrogens is 1. The van der Waals surface area contributed by atoms with Crippen molar-refractivity contribution in [3.8, 4) is 0 Å². The van der Waals surface area contributed by atoms with Crippen LogP contribution in [0.5, 0.6) is 0 Å². The van der Waals surface area contributed by atoms with E-state index in [0.717, 1.165) is 0 Å². The number of rotatable bonds is 4. The van der Waals surface area contributed by atoms with E-state index in [1.54, 1.807) is 0 Å². The normalized spacial score (nSPS) is 17.5. The number of hydrogen-bond donors (Lipinski definition) is 3. The van der Waals surface area contributed by atoms with Gasteiger partial charge < -0.3 is 16.0 Å². The highest BCUT2D eigenvalue weighted by Gasteiger charge is 2.28. The molecule has 4 N–H and O–H groups in total. The Morgan fingerprint density at radius 1 is 1.73 bits per heavy atom. The van der Waals surface area contributed by atoms with Crippen molar-refractivity contribution in [2.45, 2.75) is 18.9 Å². The third-order valence-electron chi connectivity index (χ3n) is 2.53. The first kappa shape index (κ1) is 10.6. The second kappa shape index (κ2) is 4.32. The molecule has 1 aromatic rings. The summed E-state index contributed by atoms with van der Waals surface area (Å²) in [4.78, 5) is 17.7. The maximum Gasteiger partial charge on any atom is 0.267 e. The van der Waals surface area contributed by atoms with Crippen LogP contribution in [0.15, 0.2) is 15.6 Å². The van der Waals surface area contributed by atoms with Crippen molar-refractivity contribution in [3.05, 3.63) is 21.2 Å². The lowest BCUT2D eigenvalue weighted by Crippen LogP contribution is -2.31. The highest BCUT2D eigenvalue weighted by molar-refractivity contribution is 9.10. The molecule has 1 atom stereocenters. The largest absolute Gasteiger partial charge is 0.367 e. The van der Waals surface area contributed by atoms with Gasteiger partial charge in [0.2, 0.25) is 0 Å². The molecule has 1 saturated carbocycles. The van der Waals surface area contributed by atoms with Gasteiger partial charge in [0.25, 0.3) is 5.56 Å². The lowest BCUT2D eigenvalue weighted by Gasteiger charge is -2.12. The van der Waals surface area contributed by atoms with E-state index in [1.165, 1.54) is 19.2 Å². The van der Waals surface area contributed by atoms with Crippen molar-refractivity contribution in [1.29, 1.82) is 0 Å². The average molecular weight is 273 g/mol. The van der Waals surface area contributed by atoms with E-state index in [4.69, 9.17) is 5.73 Å². The molecule has 1 aromatic heterocycles. The lowest BCUT2D eigenvalue weighted by atomic mass is 10.2. The summed E-state index contributed by atoms with van der Waals surface area (Å²) in [6.45, 7) is 0.652. The van der Waals surface area contributed by atoms with Crippen LogP contribution in [0.2, 0.25) is 0 Å². The fourth-order valence-electron chi connectivity index (χ4n) is 1.41. The molecule has 2 rings (SSSR count). The molecule has 0 aromatic carbocycles. The fourth-order valence-corrected chi connectivity index (χ4v) is 1.77. The van der Waals surface area contributed by atoms with Crippen molar-refractivity contribution >= 4 is 21.7 Å². The molecule has 0 aliphatic heterocycles. The smallest absolute Gasteiger partial charge is 0.267 e. The molecule has 1 aliphatic rings. The van der Waals surface area contributed by atoms with Gasteiger partial charge in [-0.2, -0.15) is 0 Å². The SMILES string of the molecule is NC(CNc1nc[nH]c(=O)c1Br)C1CC1. The number of halogens is 1. The Morgan fingerprint density at radius 3 is 3.13 bits per heavy atom. The lowest BCUT2D eigenvalue weighted by molar-refractivity contribution is 0.619. The third kappa shape index (κ3) is 2.57. The number of hydrogen-bond acceptors (Lipinski definition) is 4. The highest BCUT2D eigenvalue weighted by atomic mass is 79.9. The Morgan fingerprint density at radius 2 is 2.47 bits per heavy atom. The fraction of sp³-hybridized carbons (Fsp3) is 0.556. The van der Waals surface area contributed by atoms with Crippen molar-refractivity contribution in [2.75, 3.05) is 11.9 Å². The average Bonchev–Trinajstić information content (AvgIpc) is 3.03. The van der Waals surface area contributed by atoms with Gasteiger partial charge in [0.05, 0.1) is 6.33 Å². The molecule has 6 heteroatoms. The monoisotopic (exact) mass is 272 g/mol. The minimum atomic E-state index is -0.188. The Kier molecular flexibility index (Phi) is 3.06. The van der Waals surface area contributed by atoms with E-state index in [9.17, 15) is 4.79 Å². The number of nitrogens with zero attached hydrogens (tertiary/aromatic N) is 1. The first-order valence-electron chi connectivity index (χ1n) is 4.91. The zero-order valence-electron chi connectivity index (χ0n) is 8.16. The summed E-state index contributed by atoms with van der Waals surface area (Å²) < 4.78 is 0.424. The van der Waals surface area contributed by atoms with Crippen LogP contribution in [0.1, 0.15) is 12.8 Å². The second-order valence-electron chi connectivity index (χ2n) is 3.78. The van der Waals surface area contributed by atoms with Crippen molar-refractivity contribution < 1.29 is 0 Å². The van der Waals surface area contributed by atoms with Crippen LogP contribution < -0.4 is 16.6 Å². The summed E-state index contributed by atoms with van der Waals surface area (Å²) >= 11 is 3.17. The van der Waals surface area contributed by atoms with Crippen LogP contribution in [-0.2, 0) is 0 Å². The van der Waals surface area contributed by atoms with Crippen LogP contribution in [0.4, 0.5) is 5.82 Å². The first-order chi connectivity index (χ1) is 7.18. The molecule has 0 saturated heterocycles. The van der Waals surface area contributed by atoms with Crippen LogP contribution in [0.3, 0.4) is 0 Å². The number of anilines is 1. The van der Waals surface area contributed by atoms with E-state index in [0.29, 0.717) is 22.8 Å². The van der Waals surface area contributed by atoms with E-state index in [2.05, 4.69) is 31.2 Å². The highest BCUT2D eigenvalue weighted by Crippen LogP contribution is 2.31. The maximum atomic E-state index is 11.2. The van der Waals surface area contributed by atoms with Crippen LogP contribution in [0.25, 0.3) is 0 Å². The molecule has 0 radical (unpaired) electrons. The van der Waals surface area contributed by atoms with Crippen LogP contribution >= 0.6 is 15.9 Å². The van der Waals surface area contributed by atoms with Gasteiger partial charge in [0, 0.05) is 12.6 Å². The van der Waals surface area contributed by atoms with Crippen LogP contribution in [-0.4, -0.2) is 22.6 Å². The van der Waals surface area contributed by atoms with Crippen molar-refractivity contribution in [2.24, 2.45) is 11.7 Å². The first-order valence-corrected chi connectivity index (χ1v) is 5.70. The third-order valence-corrected chi connectivity index (χ3v) is 3.26. The quantitative estimate of drug-likeness (QED) is 0.753. The minimum absolute atomic E-state index is 0.151. The predicted octanol–water partition coefficient (Wildman–Crippen LogP) is 0.682. The Balaban J connectivity index is 1.98. The number of nitrogens with two attached hydrogens (primary N) is 1. The summed E-state index contributed by atoms with van der Waals surface area (Å²) in [7, 11) is 0. The predicted molar refractivity (Wildman–Crippen MR) is 61.7 cm³/mol. The zero-order valence-corrected chi connectivity index (χ0v) is 9.75. The zero-order chi connectivity index (χ0) is 10.8. The van der Waals surface area contributed by atoms with Gasteiger partial charge in [-0.3, -0.25) is 4.79 Å². The van der Waals surface area contributed by atoms with Gasteiger partial charge in [0.1, 0.15) is 10.3 Å².